The zero-order valence-corrected chi connectivity index (χ0v) is 14.5. The molecule has 0 saturated heterocycles. The van der Waals surface area contributed by atoms with Crippen LogP contribution in [0.1, 0.15) is 18.4 Å². The van der Waals surface area contributed by atoms with Crippen molar-refractivity contribution in [1.29, 1.82) is 0 Å². The zero-order valence-electron chi connectivity index (χ0n) is 11.9. The lowest BCUT2D eigenvalue weighted by Crippen LogP contribution is -1.93. The van der Waals surface area contributed by atoms with Crippen molar-refractivity contribution in [3.05, 3.63) is 60.2 Å². The molecule has 0 fully saturated rings. The summed E-state index contributed by atoms with van der Waals surface area (Å²) in [6, 6.07) is 20.7. The Morgan fingerprint density at radius 3 is 2.38 bits per heavy atom. The lowest BCUT2D eigenvalue weighted by atomic mass is 9.96. The van der Waals surface area contributed by atoms with Gasteiger partial charge in [0.1, 0.15) is 0 Å². The van der Waals surface area contributed by atoms with Crippen molar-refractivity contribution in [3.8, 4) is 0 Å². The Kier molecular flexibility index (Phi) is 4.84. The van der Waals surface area contributed by atoms with E-state index in [1.54, 1.807) is 0 Å². The minimum atomic E-state index is -1.43. The molecular formula is C18H18Cl2Si. The summed E-state index contributed by atoms with van der Waals surface area (Å²) >= 11 is 11.8. The highest BCUT2D eigenvalue weighted by Gasteiger charge is 2.05. The lowest BCUT2D eigenvalue weighted by Gasteiger charge is -2.09. The van der Waals surface area contributed by atoms with Crippen LogP contribution in [0.25, 0.3) is 21.5 Å². The summed E-state index contributed by atoms with van der Waals surface area (Å²) in [7, 11) is -1.43. The van der Waals surface area contributed by atoms with Crippen LogP contribution in [-0.4, -0.2) is 7.42 Å². The van der Waals surface area contributed by atoms with Crippen molar-refractivity contribution in [2.75, 3.05) is 0 Å². The summed E-state index contributed by atoms with van der Waals surface area (Å²) < 4.78 is 0. The summed E-state index contributed by atoms with van der Waals surface area (Å²) in [6.07, 6.45) is 3.40. The molecule has 0 aliphatic carbocycles. The van der Waals surface area contributed by atoms with E-state index in [1.807, 2.05) is 0 Å². The van der Waals surface area contributed by atoms with Crippen molar-refractivity contribution < 1.29 is 0 Å². The van der Waals surface area contributed by atoms with Gasteiger partial charge in [-0.1, -0.05) is 61.0 Å². The second kappa shape index (κ2) is 6.82. The number of aryl methyl sites for hydroxylation is 1. The van der Waals surface area contributed by atoms with Gasteiger partial charge in [-0.2, -0.15) is 22.2 Å². The SMILES string of the molecule is Cl[SiH](Cl)CCCCc1cccc2c1ccc1ccccc12. The molecule has 0 aliphatic rings. The Morgan fingerprint density at radius 2 is 1.52 bits per heavy atom. The molecule has 0 nitrogen and oxygen atoms in total. The van der Waals surface area contributed by atoms with Gasteiger partial charge in [0.25, 0.3) is 0 Å². The first-order chi connectivity index (χ1) is 10.3. The smallest absolute Gasteiger partial charge is 0.150 e. The standard InChI is InChI=1S/C18H18Cl2Si/c19-21(20)13-4-3-7-14-8-5-10-18-16-9-2-1-6-15(16)11-12-17(14)18/h1-2,5-6,8-12,21H,3-4,7,13H2. The fourth-order valence-corrected chi connectivity index (χ4v) is 4.46. The van der Waals surface area contributed by atoms with Crippen molar-refractivity contribution >= 4 is 51.1 Å². The number of halogens is 2. The Bertz CT molecular complexity index is 752. The largest absolute Gasteiger partial charge is 0.237 e. The van der Waals surface area contributed by atoms with Crippen LogP contribution in [0.5, 0.6) is 0 Å². The Morgan fingerprint density at radius 1 is 0.714 bits per heavy atom. The third-order valence-corrected chi connectivity index (χ3v) is 6.15. The number of hydrogen-bond acceptors (Lipinski definition) is 0. The number of rotatable bonds is 5. The molecule has 0 aromatic heterocycles. The van der Waals surface area contributed by atoms with Crippen LogP contribution in [-0.2, 0) is 6.42 Å². The zero-order chi connectivity index (χ0) is 14.7. The molecule has 0 amide bonds. The molecule has 0 atom stereocenters. The van der Waals surface area contributed by atoms with E-state index in [2.05, 4.69) is 54.6 Å². The van der Waals surface area contributed by atoms with Crippen LogP contribution in [0.2, 0.25) is 6.04 Å². The Balaban J connectivity index is 1.91. The quantitative estimate of drug-likeness (QED) is 0.232. The maximum Gasteiger partial charge on any atom is 0.237 e. The maximum absolute atomic E-state index is 5.92. The van der Waals surface area contributed by atoms with Crippen LogP contribution in [0.4, 0.5) is 0 Å². The summed E-state index contributed by atoms with van der Waals surface area (Å²) in [5.41, 5.74) is 1.43. The van der Waals surface area contributed by atoms with Crippen LogP contribution in [0.15, 0.2) is 54.6 Å². The number of fused-ring (bicyclic) bond motifs is 3. The summed E-state index contributed by atoms with van der Waals surface area (Å²) in [5.74, 6) is 0. The number of hydrogen-bond donors (Lipinski definition) is 0. The molecule has 0 saturated carbocycles. The highest BCUT2D eigenvalue weighted by Crippen LogP contribution is 2.28. The van der Waals surface area contributed by atoms with Crippen LogP contribution in [0, 0.1) is 0 Å². The molecule has 0 heterocycles. The molecule has 0 aliphatic heterocycles. The second-order valence-electron chi connectivity index (χ2n) is 5.44. The Hall–Kier alpha value is -1.02. The molecule has 0 bridgehead atoms. The van der Waals surface area contributed by atoms with Gasteiger partial charge in [0.2, 0.25) is 7.42 Å². The van der Waals surface area contributed by atoms with Gasteiger partial charge < -0.3 is 0 Å². The first-order valence-corrected chi connectivity index (χ1v) is 11.7. The highest BCUT2D eigenvalue weighted by atomic mass is 35.7. The molecule has 0 radical (unpaired) electrons. The first-order valence-electron chi connectivity index (χ1n) is 7.43. The van der Waals surface area contributed by atoms with E-state index in [9.17, 15) is 0 Å². The Labute approximate surface area is 136 Å². The van der Waals surface area contributed by atoms with E-state index in [0.717, 1.165) is 25.3 Å². The predicted molar refractivity (Wildman–Crippen MR) is 98.1 cm³/mol. The molecule has 3 aromatic carbocycles. The number of benzene rings is 3. The van der Waals surface area contributed by atoms with Gasteiger partial charge in [0.05, 0.1) is 0 Å². The second-order valence-corrected chi connectivity index (χ2v) is 10.6. The maximum atomic E-state index is 5.92. The molecule has 3 rings (SSSR count). The number of unbranched alkanes of at least 4 members (excludes halogenated alkanes) is 1. The van der Waals surface area contributed by atoms with E-state index in [0.29, 0.717) is 0 Å². The van der Waals surface area contributed by atoms with Crippen LogP contribution < -0.4 is 0 Å². The fraction of sp³-hybridized carbons (Fsp3) is 0.222. The van der Waals surface area contributed by atoms with E-state index in [-0.39, 0.29) is 0 Å². The third kappa shape index (κ3) is 3.42. The van der Waals surface area contributed by atoms with Crippen molar-refractivity contribution in [2.24, 2.45) is 0 Å². The molecule has 3 heteroatoms. The lowest BCUT2D eigenvalue weighted by molar-refractivity contribution is 0.796. The van der Waals surface area contributed by atoms with Crippen molar-refractivity contribution in [2.45, 2.75) is 25.3 Å². The van der Waals surface area contributed by atoms with Crippen molar-refractivity contribution in [1.82, 2.24) is 0 Å². The van der Waals surface area contributed by atoms with E-state index in [4.69, 9.17) is 22.2 Å². The highest BCUT2D eigenvalue weighted by molar-refractivity contribution is 7.33. The van der Waals surface area contributed by atoms with E-state index < -0.39 is 7.42 Å². The average Bonchev–Trinajstić information content (AvgIpc) is 2.51. The van der Waals surface area contributed by atoms with Gasteiger partial charge in [-0.25, -0.2) is 0 Å². The average molecular weight is 333 g/mol. The molecule has 108 valence electrons. The molecule has 3 aromatic rings. The van der Waals surface area contributed by atoms with Gasteiger partial charge >= 0.3 is 0 Å². The summed E-state index contributed by atoms with van der Waals surface area (Å²) in [5, 5.41) is 5.38. The molecule has 0 unspecified atom stereocenters. The molecule has 21 heavy (non-hydrogen) atoms. The minimum absolute atomic E-state index is 1.01. The van der Waals surface area contributed by atoms with Crippen molar-refractivity contribution in [3.63, 3.8) is 0 Å². The molecular weight excluding hydrogens is 315 g/mol. The summed E-state index contributed by atoms with van der Waals surface area (Å²) in [6.45, 7) is 0. The third-order valence-electron chi connectivity index (χ3n) is 4.00. The van der Waals surface area contributed by atoms with Gasteiger partial charge in [0.15, 0.2) is 0 Å². The van der Waals surface area contributed by atoms with Gasteiger partial charge in [0, 0.05) is 0 Å². The van der Waals surface area contributed by atoms with Crippen LogP contribution in [0.3, 0.4) is 0 Å². The van der Waals surface area contributed by atoms with E-state index in [1.165, 1.54) is 27.1 Å². The van der Waals surface area contributed by atoms with Crippen LogP contribution >= 0.6 is 22.2 Å². The first kappa shape index (κ1) is 14.9. The topological polar surface area (TPSA) is 0 Å². The molecule has 0 N–H and O–H groups in total. The van der Waals surface area contributed by atoms with Gasteiger partial charge in [-0.05, 0) is 46.0 Å². The normalized spacial score (nSPS) is 11.6. The monoisotopic (exact) mass is 332 g/mol. The summed E-state index contributed by atoms with van der Waals surface area (Å²) in [4.78, 5) is 0. The minimum Gasteiger partial charge on any atom is -0.150 e. The molecule has 0 spiro atoms. The van der Waals surface area contributed by atoms with Gasteiger partial charge in [-0.15, -0.1) is 0 Å². The van der Waals surface area contributed by atoms with Gasteiger partial charge in [-0.3, -0.25) is 0 Å². The van der Waals surface area contributed by atoms with E-state index >= 15 is 0 Å². The fourth-order valence-electron chi connectivity index (χ4n) is 2.94. The predicted octanol–water partition coefficient (Wildman–Crippen LogP) is 6.01.